The lowest BCUT2D eigenvalue weighted by molar-refractivity contribution is -0.161. The fraction of sp³-hybridized carbons (Fsp3) is 0.859. The van der Waals surface area contributed by atoms with Crippen LogP contribution < -0.4 is 0 Å². The molecular formula is C64H119O11P. The Labute approximate surface area is 467 Å². The third-order valence-corrected chi connectivity index (χ3v) is 15.0. The first-order chi connectivity index (χ1) is 37.2. The highest BCUT2D eigenvalue weighted by Crippen LogP contribution is 2.43. The van der Waals surface area contributed by atoms with Crippen LogP contribution in [0.4, 0.5) is 0 Å². The molecule has 76 heavy (non-hydrogen) atoms. The first-order valence-corrected chi connectivity index (χ1v) is 33.4. The van der Waals surface area contributed by atoms with Gasteiger partial charge in [0.25, 0.3) is 0 Å². The molecule has 0 aliphatic rings. The molecule has 3 unspecified atom stereocenters. The number of esters is 3. The van der Waals surface area contributed by atoms with Crippen molar-refractivity contribution in [1.29, 1.82) is 0 Å². The van der Waals surface area contributed by atoms with Gasteiger partial charge in [0, 0.05) is 19.3 Å². The molecular weight excluding hydrogens is 976 g/mol. The third kappa shape index (κ3) is 56.4. The second-order valence-corrected chi connectivity index (χ2v) is 23.0. The van der Waals surface area contributed by atoms with E-state index in [0.717, 1.165) is 89.9 Å². The summed E-state index contributed by atoms with van der Waals surface area (Å²) in [6, 6.07) is 0. The number of carbonyl (C=O) groups excluding carboxylic acids is 3. The molecule has 2 N–H and O–H groups in total. The van der Waals surface area contributed by atoms with Crippen LogP contribution in [0.2, 0.25) is 0 Å². The predicted molar refractivity (Wildman–Crippen MR) is 316 cm³/mol. The molecule has 0 aromatic carbocycles. The summed E-state index contributed by atoms with van der Waals surface area (Å²) in [5.74, 6) is -1.46. The van der Waals surface area contributed by atoms with Gasteiger partial charge < -0.3 is 24.2 Å². The highest BCUT2D eigenvalue weighted by Gasteiger charge is 2.28. The van der Waals surface area contributed by atoms with Gasteiger partial charge in [0.1, 0.15) is 12.7 Å². The predicted octanol–water partition coefficient (Wildman–Crippen LogP) is 19.2. The molecule has 11 nitrogen and oxygen atoms in total. The summed E-state index contributed by atoms with van der Waals surface area (Å²) >= 11 is 0. The maximum Gasteiger partial charge on any atom is 0.472 e. The molecule has 446 valence electrons. The van der Waals surface area contributed by atoms with E-state index in [1.807, 2.05) is 0 Å². The van der Waals surface area contributed by atoms with Gasteiger partial charge in [-0.05, 0) is 77.0 Å². The van der Waals surface area contributed by atoms with Crippen LogP contribution in [-0.4, -0.2) is 66.5 Å². The SMILES string of the molecule is CCCCC/C=C\C/C=C\CCCCCCCCCC(=O)OCC(COP(=O)(O)OCC(CO)OC(=O)CCCCCCC/C=C\CCCCCC)OC(=O)CCCCCCCCCCCCCCCCCCCCC. The second-order valence-electron chi connectivity index (χ2n) is 21.6. The zero-order valence-corrected chi connectivity index (χ0v) is 50.4. The average molecular weight is 1100 g/mol. The van der Waals surface area contributed by atoms with Crippen LogP contribution in [0, 0.1) is 0 Å². The van der Waals surface area contributed by atoms with E-state index in [2.05, 4.69) is 57.2 Å². The lowest BCUT2D eigenvalue weighted by Crippen LogP contribution is -2.30. The van der Waals surface area contributed by atoms with Crippen LogP contribution in [0.3, 0.4) is 0 Å². The van der Waals surface area contributed by atoms with Gasteiger partial charge in [-0.1, -0.05) is 256 Å². The summed E-state index contributed by atoms with van der Waals surface area (Å²) in [7, 11) is -4.75. The molecule has 0 spiro atoms. The highest BCUT2D eigenvalue weighted by molar-refractivity contribution is 7.47. The molecule has 0 amide bonds. The van der Waals surface area contributed by atoms with Gasteiger partial charge in [-0.15, -0.1) is 0 Å². The minimum Gasteiger partial charge on any atom is -0.462 e. The number of hydrogen-bond donors (Lipinski definition) is 2. The number of aliphatic hydroxyl groups excluding tert-OH is 1. The molecule has 0 aromatic heterocycles. The number of carbonyl (C=O) groups is 3. The van der Waals surface area contributed by atoms with E-state index in [1.54, 1.807) is 0 Å². The van der Waals surface area contributed by atoms with Crippen molar-refractivity contribution >= 4 is 25.7 Å². The minimum atomic E-state index is -4.75. The summed E-state index contributed by atoms with van der Waals surface area (Å²) in [5.41, 5.74) is 0. The zero-order chi connectivity index (χ0) is 55.5. The minimum absolute atomic E-state index is 0.170. The number of aliphatic hydroxyl groups is 1. The molecule has 0 aliphatic carbocycles. The van der Waals surface area contributed by atoms with Crippen molar-refractivity contribution in [1.82, 2.24) is 0 Å². The van der Waals surface area contributed by atoms with Gasteiger partial charge in [-0.2, -0.15) is 0 Å². The maximum atomic E-state index is 13.0. The Morgan fingerprint density at radius 1 is 0.368 bits per heavy atom. The Morgan fingerprint density at radius 2 is 0.645 bits per heavy atom. The van der Waals surface area contributed by atoms with Crippen molar-refractivity contribution in [3.05, 3.63) is 36.5 Å². The van der Waals surface area contributed by atoms with Gasteiger partial charge in [0.15, 0.2) is 6.10 Å². The Hall–Kier alpha value is -2.30. The molecule has 0 bridgehead atoms. The van der Waals surface area contributed by atoms with Crippen molar-refractivity contribution in [3.8, 4) is 0 Å². The zero-order valence-electron chi connectivity index (χ0n) is 49.5. The summed E-state index contributed by atoms with van der Waals surface area (Å²) in [5, 5.41) is 9.83. The van der Waals surface area contributed by atoms with E-state index >= 15 is 0 Å². The second kappa shape index (κ2) is 58.8. The molecule has 0 fully saturated rings. The normalized spacial score (nSPS) is 13.5. The van der Waals surface area contributed by atoms with Gasteiger partial charge in [0.2, 0.25) is 0 Å². The van der Waals surface area contributed by atoms with Gasteiger partial charge >= 0.3 is 25.7 Å². The smallest absolute Gasteiger partial charge is 0.462 e. The van der Waals surface area contributed by atoms with Crippen molar-refractivity contribution in [3.63, 3.8) is 0 Å². The Balaban J connectivity index is 4.68. The monoisotopic (exact) mass is 1090 g/mol. The number of allylic oxidation sites excluding steroid dienone is 6. The average Bonchev–Trinajstić information content (AvgIpc) is 3.41. The van der Waals surface area contributed by atoms with Crippen LogP contribution in [0.5, 0.6) is 0 Å². The summed E-state index contributed by atoms with van der Waals surface area (Å²) in [6.45, 7) is 4.65. The molecule has 0 aromatic rings. The number of unbranched alkanes of at least 4 members (excludes halogenated alkanes) is 37. The van der Waals surface area contributed by atoms with E-state index in [-0.39, 0.29) is 25.9 Å². The first-order valence-electron chi connectivity index (χ1n) is 31.9. The molecule has 0 radical (unpaired) electrons. The summed E-state index contributed by atoms with van der Waals surface area (Å²) in [4.78, 5) is 48.7. The Kier molecular flexibility index (Phi) is 57.1. The van der Waals surface area contributed by atoms with E-state index in [1.165, 1.54) is 167 Å². The van der Waals surface area contributed by atoms with E-state index in [0.29, 0.717) is 19.3 Å². The largest absolute Gasteiger partial charge is 0.472 e. The van der Waals surface area contributed by atoms with Gasteiger partial charge in [0.05, 0.1) is 19.8 Å². The van der Waals surface area contributed by atoms with Gasteiger partial charge in [-0.3, -0.25) is 23.4 Å². The quantitative estimate of drug-likeness (QED) is 0.0197. The maximum absolute atomic E-state index is 13.0. The van der Waals surface area contributed by atoms with Crippen LogP contribution in [0.1, 0.15) is 316 Å². The van der Waals surface area contributed by atoms with Crippen LogP contribution >= 0.6 is 7.82 Å². The molecule has 0 saturated heterocycles. The summed E-state index contributed by atoms with van der Waals surface area (Å²) < 4.78 is 39.6. The number of rotatable bonds is 60. The highest BCUT2D eigenvalue weighted by atomic mass is 31.2. The molecule has 12 heteroatoms. The van der Waals surface area contributed by atoms with Gasteiger partial charge in [-0.25, -0.2) is 4.57 Å². The van der Waals surface area contributed by atoms with Crippen molar-refractivity contribution in [2.45, 2.75) is 328 Å². The topological polar surface area (TPSA) is 155 Å². The molecule has 3 atom stereocenters. The molecule has 0 aliphatic heterocycles. The summed E-state index contributed by atoms with van der Waals surface area (Å²) in [6.07, 6.45) is 62.4. The number of ether oxygens (including phenoxy) is 3. The van der Waals surface area contributed by atoms with Crippen molar-refractivity contribution in [2.75, 3.05) is 26.4 Å². The molecule has 0 heterocycles. The number of phosphoric acid groups is 1. The number of hydrogen-bond acceptors (Lipinski definition) is 10. The molecule has 0 rings (SSSR count). The third-order valence-electron chi connectivity index (χ3n) is 14.0. The fourth-order valence-corrected chi connectivity index (χ4v) is 9.93. The Bertz CT molecular complexity index is 1420. The number of phosphoric ester groups is 1. The molecule has 0 saturated carbocycles. The van der Waals surface area contributed by atoms with Crippen LogP contribution in [0.25, 0.3) is 0 Å². The standard InChI is InChI=1S/C64H119O11P/c1-4-7-10-13-16-19-22-25-27-29-30-32-34-37-40-43-46-49-52-55-64(68)75-61(57-71-62(66)53-50-47-44-41-38-36-33-31-28-26-23-20-17-14-11-8-5-2)59-73-76(69,70)72-58-60(56-65)74-63(67)54-51-48-45-42-39-35-24-21-18-15-12-9-6-3/h17,20-21,24,26,28,60-61,65H,4-16,18-19,22-23,25,27,29-59H2,1-3H3,(H,69,70)/b20-17-,24-21-,28-26-. The van der Waals surface area contributed by atoms with Crippen molar-refractivity contribution in [2.24, 2.45) is 0 Å². The van der Waals surface area contributed by atoms with E-state index in [9.17, 15) is 28.9 Å². The lowest BCUT2D eigenvalue weighted by atomic mass is 10.0. The van der Waals surface area contributed by atoms with Crippen LogP contribution in [-0.2, 0) is 42.2 Å². The Morgan fingerprint density at radius 3 is 1.03 bits per heavy atom. The van der Waals surface area contributed by atoms with Crippen LogP contribution in [0.15, 0.2) is 36.5 Å². The lowest BCUT2D eigenvalue weighted by Gasteiger charge is -2.21. The van der Waals surface area contributed by atoms with Crippen molar-refractivity contribution < 1.29 is 52.2 Å². The fourth-order valence-electron chi connectivity index (χ4n) is 9.15. The van der Waals surface area contributed by atoms with E-state index < -0.39 is 57.8 Å². The first kappa shape index (κ1) is 73.7. The van der Waals surface area contributed by atoms with E-state index in [4.69, 9.17) is 23.3 Å².